The van der Waals surface area contributed by atoms with E-state index in [0.29, 0.717) is 23.3 Å². The maximum Gasteiger partial charge on any atom is 0.322 e. The third-order valence-electron chi connectivity index (χ3n) is 8.90. The van der Waals surface area contributed by atoms with Crippen molar-refractivity contribution in [2.75, 3.05) is 20.3 Å². The lowest BCUT2D eigenvalue weighted by atomic mass is 9.79. The van der Waals surface area contributed by atoms with Gasteiger partial charge in [0.25, 0.3) is 11.8 Å². The van der Waals surface area contributed by atoms with E-state index in [-0.39, 0.29) is 43.6 Å². The van der Waals surface area contributed by atoms with Crippen LogP contribution in [-0.4, -0.2) is 86.9 Å². The van der Waals surface area contributed by atoms with Crippen LogP contribution in [0.15, 0.2) is 46.7 Å². The summed E-state index contributed by atoms with van der Waals surface area (Å²) in [6, 6.07) is 4.58. The van der Waals surface area contributed by atoms with Crippen molar-refractivity contribution in [3.05, 3.63) is 52.9 Å². The Morgan fingerprint density at radius 3 is 2.59 bits per heavy atom. The molecule has 2 saturated heterocycles. The molecule has 3 atom stereocenters. The second-order valence-corrected chi connectivity index (χ2v) is 11.5. The van der Waals surface area contributed by atoms with Gasteiger partial charge < -0.3 is 25.2 Å². The third kappa shape index (κ3) is 4.51. The molecule has 0 radical (unpaired) electrons. The fourth-order valence-electron chi connectivity index (χ4n) is 6.27. The zero-order valence-corrected chi connectivity index (χ0v) is 23.6. The molecule has 4 N–H and O–H groups in total. The molecule has 5 rings (SSSR count). The van der Waals surface area contributed by atoms with E-state index in [4.69, 9.17) is 4.74 Å². The van der Waals surface area contributed by atoms with Gasteiger partial charge in [-0.3, -0.25) is 24.6 Å². The summed E-state index contributed by atoms with van der Waals surface area (Å²) in [5, 5.41) is 26.3. The molecule has 4 heterocycles. The van der Waals surface area contributed by atoms with Crippen LogP contribution in [0, 0.1) is 5.92 Å². The van der Waals surface area contributed by atoms with Crippen LogP contribution in [0.4, 0.5) is 4.79 Å². The Morgan fingerprint density at radius 2 is 1.95 bits per heavy atom. The number of fused-ring (bicyclic) bond motifs is 1. The molecule has 4 aliphatic rings. The maximum absolute atomic E-state index is 13.3. The Hall–Kier alpha value is -4.03. The Balaban J connectivity index is 1.43. The number of likely N-dealkylation sites (tertiary alicyclic amines) is 1. The van der Waals surface area contributed by atoms with Gasteiger partial charge in [-0.05, 0) is 56.0 Å². The van der Waals surface area contributed by atoms with E-state index in [9.17, 15) is 29.4 Å². The molecule has 0 aliphatic carbocycles. The van der Waals surface area contributed by atoms with Gasteiger partial charge in [-0.2, -0.15) is 0 Å². The van der Waals surface area contributed by atoms with Gasteiger partial charge >= 0.3 is 6.03 Å². The minimum Gasteiger partial charge on any atom is -0.497 e. The summed E-state index contributed by atoms with van der Waals surface area (Å²) in [4.78, 5) is 59.5. The molecule has 12 heteroatoms. The number of hydrogen-bond acceptors (Lipinski definition) is 8. The van der Waals surface area contributed by atoms with Gasteiger partial charge in [0.15, 0.2) is 0 Å². The summed E-state index contributed by atoms with van der Waals surface area (Å²) < 4.78 is 5.26. The number of carbonyl (C=O) groups is 4. The van der Waals surface area contributed by atoms with Crippen molar-refractivity contribution in [3.8, 4) is 5.75 Å². The highest BCUT2D eigenvalue weighted by Crippen LogP contribution is 2.42. The number of imide groups is 1. The Kier molecular flexibility index (Phi) is 7.03. The number of urea groups is 1. The molecule has 2 unspecified atom stereocenters. The van der Waals surface area contributed by atoms with Crippen LogP contribution >= 0.6 is 0 Å². The molecule has 0 saturated carbocycles. The fraction of sp³-hybridized carbons (Fsp3) is 0.483. The first-order valence-corrected chi connectivity index (χ1v) is 13.6. The second-order valence-electron chi connectivity index (χ2n) is 11.5. The average Bonchev–Trinajstić information content (AvgIpc) is 3.45. The third-order valence-corrected chi connectivity index (χ3v) is 8.90. The van der Waals surface area contributed by atoms with Crippen molar-refractivity contribution >= 4 is 30.0 Å². The molecule has 0 spiro atoms. The number of nitrogens with zero attached hydrogens (tertiary/aromatic N) is 3. The van der Waals surface area contributed by atoms with E-state index >= 15 is 0 Å². The number of amides is 5. The van der Waals surface area contributed by atoms with Crippen LogP contribution in [0.1, 0.15) is 56.0 Å². The van der Waals surface area contributed by atoms with E-state index in [1.807, 2.05) is 12.1 Å². The number of methoxy groups -OCH3 is 1. The summed E-state index contributed by atoms with van der Waals surface area (Å²) in [6.07, 6.45) is 5.86. The SMILES string of the molecule is COc1ccc2c(c1)C(=O)N(C[C@@]1(C(C)C3=CCC=C(N4C(=O)CCC4(CO)C(C)(C)O)N=C3)NC(=O)NC1=O)C2. The number of carbonyl (C=O) groups excluding carboxylic acids is 4. The van der Waals surface area contributed by atoms with Crippen molar-refractivity contribution in [1.29, 1.82) is 0 Å². The van der Waals surface area contributed by atoms with Crippen LogP contribution < -0.4 is 15.4 Å². The number of aliphatic hydroxyl groups excluding tert-OH is 1. The minimum absolute atomic E-state index is 0.0794. The topological polar surface area (TPSA) is 161 Å². The van der Waals surface area contributed by atoms with Crippen LogP contribution in [0.25, 0.3) is 0 Å². The molecule has 218 valence electrons. The summed E-state index contributed by atoms with van der Waals surface area (Å²) in [6.45, 7) is 4.64. The molecule has 2 fully saturated rings. The highest BCUT2D eigenvalue weighted by molar-refractivity contribution is 6.09. The van der Waals surface area contributed by atoms with Crippen molar-refractivity contribution < 1.29 is 34.1 Å². The van der Waals surface area contributed by atoms with Gasteiger partial charge in [-0.25, -0.2) is 9.79 Å². The predicted molar refractivity (Wildman–Crippen MR) is 148 cm³/mol. The first-order valence-electron chi connectivity index (χ1n) is 13.6. The van der Waals surface area contributed by atoms with Crippen molar-refractivity contribution in [1.82, 2.24) is 20.4 Å². The molecule has 12 nitrogen and oxygen atoms in total. The van der Waals surface area contributed by atoms with E-state index in [0.717, 1.165) is 5.56 Å². The smallest absolute Gasteiger partial charge is 0.322 e. The molecule has 1 aromatic carbocycles. The summed E-state index contributed by atoms with van der Waals surface area (Å²) in [5.41, 5.74) is -2.23. The second kappa shape index (κ2) is 10.1. The lowest BCUT2D eigenvalue weighted by Crippen LogP contribution is -2.61. The van der Waals surface area contributed by atoms with Crippen LogP contribution in [0.5, 0.6) is 5.75 Å². The molecule has 41 heavy (non-hydrogen) atoms. The fourth-order valence-corrected chi connectivity index (χ4v) is 6.27. The lowest BCUT2D eigenvalue weighted by molar-refractivity contribution is -0.140. The first kappa shape index (κ1) is 28.5. The van der Waals surface area contributed by atoms with Crippen LogP contribution in [-0.2, 0) is 16.1 Å². The summed E-state index contributed by atoms with van der Waals surface area (Å²) in [5.74, 6) is -0.879. The summed E-state index contributed by atoms with van der Waals surface area (Å²) in [7, 11) is 1.52. The van der Waals surface area contributed by atoms with Gasteiger partial charge in [0, 0.05) is 30.7 Å². The number of benzene rings is 1. The number of aliphatic imine (C=N–C) groups is 1. The lowest BCUT2D eigenvalue weighted by Gasteiger charge is -2.45. The number of ether oxygens (including phenoxy) is 1. The molecular weight excluding hydrogens is 530 g/mol. The number of allylic oxidation sites excluding steroid dienone is 2. The van der Waals surface area contributed by atoms with E-state index in [1.54, 1.807) is 39.0 Å². The molecule has 5 amide bonds. The van der Waals surface area contributed by atoms with Crippen LogP contribution in [0.2, 0.25) is 0 Å². The summed E-state index contributed by atoms with van der Waals surface area (Å²) >= 11 is 0. The van der Waals surface area contributed by atoms with E-state index in [1.165, 1.54) is 23.1 Å². The molecular formula is C29H35N5O7. The quantitative estimate of drug-likeness (QED) is 0.345. The van der Waals surface area contributed by atoms with Gasteiger partial charge in [0.1, 0.15) is 22.6 Å². The largest absolute Gasteiger partial charge is 0.497 e. The average molecular weight is 566 g/mol. The Labute approximate surface area is 237 Å². The minimum atomic E-state index is -1.48. The highest BCUT2D eigenvalue weighted by Gasteiger charge is 2.56. The predicted octanol–water partition coefficient (Wildman–Crippen LogP) is 1.23. The normalized spacial score (nSPS) is 26.9. The zero-order chi connectivity index (χ0) is 29.7. The van der Waals surface area contributed by atoms with Gasteiger partial charge in [-0.15, -0.1) is 0 Å². The van der Waals surface area contributed by atoms with Crippen molar-refractivity contribution in [3.63, 3.8) is 0 Å². The molecule has 4 aliphatic heterocycles. The molecule has 1 aromatic rings. The van der Waals surface area contributed by atoms with E-state index < -0.39 is 41.1 Å². The highest BCUT2D eigenvalue weighted by atomic mass is 16.5. The molecule has 0 bridgehead atoms. The van der Waals surface area contributed by atoms with Crippen molar-refractivity contribution in [2.45, 2.75) is 63.3 Å². The van der Waals surface area contributed by atoms with E-state index in [2.05, 4.69) is 15.6 Å². The number of aliphatic hydroxyl groups is 2. The van der Waals surface area contributed by atoms with Crippen LogP contribution in [0.3, 0.4) is 0 Å². The monoisotopic (exact) mass is 565 g/mol. The van der Waals surface area contributed by atoms with Gasteiger partial charge in [-0.1, -0.05) is 19.1 Å². The van der Waals surface area contributed by atoms with Gasteiger partial charge in [0.2, 0.25) is 5.91 Å². The maximum atomic E-state index is 13.3. The molecule has 0 aromatic heterocycles. The number of hydrogen-bond donors (Lipinski definition) is 4. The van der Waals surface area contributed by atoms with Gasteiger partial charge in [0.05, 0.1) is 25.9 Å². The Bertz CT molecular complexity index is 1410. The zero-order valence-electron chi connectivity index (χ0n) is 23.6. The number of rotatable bonds is 8. The first-order chi connectivity index (χ1) is 19.4. The Morgan fingerprint density at radius 1 is 1.20 bits per heavy atom. The number of nitrogens with one attached hydrogen (secondary N) is 2. The van der Waals surface area contributed by atoms with Crippen molar-refractivity contribution in [2.24, 2.45) is 10.9 Å². The standard InChI is InChI=1S/C29H35N5O7/c1-17(18-6-5-7-22(30-13-18)34-23(36)10-11-28(34,16-35)27(2,3)40)29(25(38)31-26(39)32-29)15-33-14-19-8-9-20(41-4)12-21(19)24(33)37/h6-9,12-13,17,35,40H,5,10-11,14-16H2,1-4H3,(H2,31,32,38,39)/t17?,28?,29-/m0/s1.